The summed E-state index contributed by atoms with van der Waals surface area (Å²) in [6, 6.07) is 4.93. The molecular formula is C21H17F4N5O. The van der Waals surface area contributed by atoms with Gasteiger partial charge in [0.25, 0.3) is 0 Å². The minimum atomic E-state index is -4.48. The van der Waals surface area contributed by atoms with Crippen LogP contribution in [0.15, 0.2) is 55.5 Å². The van der Waals surface area contributed by atoms with Gasteiger partial charge < -0.3 is 10.2 Å². The molecule has 3 aromatic rings. The monoisotopic (exact) mass is 431 g/mol. The number of amides is 1. The molecule has 4 rings (SSSR count). The van der Waals surface area contributed by atoms with Crippen LogP contribution in [0, 0.1) is 0 Å². The summed E-state index contributed by atoms with van der Waals surface area (Å²) >= 11 is 0. The predicted octanol–water partition coefficient (Wildman–Crippen LogP) is 3.86. The van der Waals surface area contributed by atoms with Gasteiger partial charge in [-0.3, -0.25) is 14.8 Å². The van der Waals surface area contributed by atoms with E-state index in [1.807, 2.05) is 0 Å². The fourth-order valence-electron chi connectivity index (χ4n) is 3.48. The van der Waals surface area contributed by atoms with Gasteiger partial charge in [-0.05, 0) is 30.3 Å². The van der Waals surface area contributed by atoms with Gasteiger partial charge in [-0.15, -0.1) is 0 Å². The molecule has 1 fully saturated rings. The zero-order valence-corrected chi connectivity index (χ0v) is 16.1. The second kappa shape index (κ2) is 7.93. The number of aromatic nitrogens is 3. The summed E-state index contributed by atoms with van der Waals surface area (Å²) < 4.78 is 52.9. The van der Waals surface area contributed by atoms with Crippen molar-refractivity contribution in [2.45, 2.75) is 18.4 Å². The van der Waals surface area contributed by atoms with Crippen molar-refractivity contribution >= 4 is 22.6 Å². The second-order valence-corrected chi connectivity index (χ2v) is 7.06. The molecule has 0 bridgehead atoms. The minimum absolute atomic E-state index is 0.0493. The van der Waals surface area contributed by atoms with E-state index in [1.54, 1.807) is 12.1 Å². The summed E-state index contributed by atoms with van der Waals surface area (Å²) in [5, 5.41) is 3.58. The van der Waals surface area contributed by atoms with Gasteiger partial charge in [0.15, 0.2) is 0 Å². The molecule has 0 saturated carbocycles. The maximum Gasteiger partial charge on any atom is 0.417 e. The fraction of sp³-hybridized carbons (Fsp3) is 0.238. The third kappa shape index (κ3) is 4.05. The van der Waals surface area contributed by atoms with Crippen LogP contribution in [-0.2, 0) is 11.0 Å². The fourth-order valence-corrected chi connectivity index (χ4v) is 3.48. The first-order valence-corrected chi connectivity index (χ1v) is 9.37. The van der Waals surface area contributed by atoms with Crippen LogP contribution in [0.5, 0.6) is 0 Å². The van der Waals surface area contributed by atoms with Gasteiger partial charge in [-0.1, -0.05) is 6.58 Å². The third-order valence-corrected chi connectivity index (χ3v) is 5.06. The van der Waals surface area contributed by atoms with Gasteiger partial charge in [0.1, 0.15) is 12.0 Å². The Hall–Kier alpha value is -3.56. The van der Waals surface area contributed by atoms with Crippen LogP contribution in [0.2, 0.25) is 0 Å². The Kier molecular flexibility index (Phi) is 5.30. The first kappa shape index (κ1) is 20.7. The van der Waals surface area contributed by atoms with Gasteiger partial charge in [0.05, 0.1) is 29.4 Å². The molecule has 160 valence electrons. The molecule has 0 aromatic carbocycles. The first-order chi connectivity index (χ1) is 14.8. The SMILES string of the molecule is C=CC(=O)N1C[C@H](F)[C@H](Nc2ncc(-c3ccc(C(F)(F)F)cn3)c3ncccc23)C1. The standard InChI is InChI=1S/C21H17F4N5O/c1-2-18(31)30-10-15(22)17(11-30)29-20-13-4-3-7-26-19(13)14(9-28-20)16-6-5-12(8-27-16)21(23,24)25/h2-9,15,17H,1,10-11H2,(H,28,29)/t15-,17+/m0/s1. The number of halogens is 4. The molecule has 6 nitrogen and oxygen atoms in total. The maximum absolute atomic E-state index is 14.5. The molecule has 0 radical (unpaired) electrons. The van der Waals surface area contributed by atoms with Crippen molar-refractivity contribution in [3.8, 4) is 11.3 Å². The van der Waals surface area contributed by atoms with Crippen LogP contribution in [0.1, 0.15) is 5.56 Å². The van der Waals surface area contributed by atoms with E-state index in [4.69, 9.17) is 0 Å². The van der Waals surface area contributed by atoms with Crippen LogP contribution in [0.3, 0.4) is 0 Å². The molecule has 10 heteroatoms. The molecule has 1 amide bonds. The summed E-state index contributed by atoms with van der Waals surface area (Å²) in [7, 11) is 0. The minimum Gasteiger partial charge on any atom is -0.362 e. The summed E-state index contributed by atoms with van der Waals surface area (Å²) in [5.74, 6) is 0.00877. The number of pyridine rings is 3. The summed E-state index contributed by atoms with van der Waals surface area (Å²) in [6.07, 6.45) is -0.914. The van der Waals surface area contributed by atoms with Crippen LogP contribution in [0.4, 0.5) is 23.4 Å². The first-order valence-electron chi connectivity index (χ1n) is 9.37. The van der Waals surface area contributed by atoms with E-state index in [-0.39, 0.29) is 24.7 Å². The second-order valence-electron chi connectivity index (χ2n) is 7.06. The van der Waals surface area contributed by atoms with E-state index >= 15 is 0 Å². The average molecular weight is 431 g/mol. The summed E-state index contributed by atoms with van der Waals surface area (Å²) in [6.45, 7) is 3.52. The molecule has 2 atom stereocenters. The highest BCUT2D eigenvalue weighted by molar-refractivity contribution is 5.98. The van der Waals surface area contributed by atoms with E-state index in [1.165, 1.54) is 23.4 Å². The highest BCUT2D eigenvalue weighted by Gasteiger charge is 2.35. The van der Waals surface area contributed by atoms with E-state index in [0.717, 1.165) is 18.3 Å². The van der Waals surface area contributed by atoms with Crippen molar-refractivity contribution in [3.63, 3.8) is 0 Å². The van der Waals surface area contributed by atoms with Crippen LogP contribution < -0.4 is 5.32 Å². The van der Waals surface area contributed by atoms with E-state index < -0.39 is 24.0 Å². The zero-order valence-electron chi connectivity index (χ0n) is 16.1. The number of hydrogen-bond donors (Lipinski definition) is 1. The van der Waals surface area contributed by atoms with Crippen LogP contribution in [0.25, 0.3) is 22.2 Å². The molecule has 0 spiro atoms. The average Bonchev–Trinajstić information content (AvgIpc) is 3.13. The lowest BCUT2D eigenvalue weighted by molar-refractivity contribution is -0.137. The third-order valence-electron chi connectivity index (χ3n) is 5.06. The van der Waals surface area contributed by atoms with Gasteiger partial charge in [0.2, 0.25) is 5.91 Å². The molecule has 0 unspecified atom stereocenters. The number of carbonyl (C=O) groups excluding carboxylic acids is 1. The number of rotatable bonds is 4. The Bertz CT molecular complexity index is 1130. The molecule has 1 aliphatic rings. The Morgan fingerprint density at radius 2 is 1.97 bits per heavy atom. The van der Waals surface area contributed by atoms with E-state index in [9.17, 15) is 22.4 Å². The number of likely N-dealkylation sites (tertiary alicyclic amines) is 1. The Labute approximate surface area is 174 Å². The molecule has 3 aromatic heterocycles. The Balaban J connectivity index is 1.66. The van der Waals surface area contributed by atoms with E-state index in [2.05, 4.69) is 26.8 Å². The number of nitrogens with zero attached hydrogens (tertiary/aromatic N) is 4. The van der Waals surface area contributed by atoms with Gasteiger partial charge in [-0.2, -0.15) is 13.2 Å². The lowest BCUT2D eigenvalue weighted by Crippen LogP contribution is -2.31. The maximum atomic E-state index is 14.5. The van der Waals surface area contributed by atoms with Gasteiger partial charge >= 0.3 is 6.18 Å². The number of hydrogen-bond acceptors (Lipinski definition) is 5. The van der Waals surface area contributed by atoms with Crippen molar-refractivity contribution in [2.75, 3.05) is 18.4 Å². The largest absolute Gasteiger partial charge is 0.417 e. The molecule has 1 aliphatic heterocycles. The van der Waals surface area contributed by atoms with Gasteiger partial charge in [0, 0.05) is 36.1 Å². The van der Waals surface area contributed by atoms with Crippen molar-refractivity contribution in [3.05, 3.63) is 61.1 Å². The smallest absolute Gasteiger partial charge is 0.362 e. The van der Waals surface area contributed by atoms with Crippen molar-refractivity contribution in [2.24, 2.45) is 0 Å². The van der Waals surface area contributed by atoms with Crippen molar-refractivity contribution < 1.29 is 22.4 Å². The highest BCUT2D eigenvalue weighted by Crippen LogP contribution is 2.33. The highest BCUT2D eigenvalue weighted by atomic mass is 19.4. The zero-order chi connectivity index (χ0) is 22.2. The molecule has 1 N–H and O–H groups in total. The Morgan fingerprint density at radius 1 is 1.16 bits per heavy atom. The molecule has 1 saturated heterocycles. The topological polar surface area (TPSA) is 71.0 Å². The normalized spacial score (nSPS) is 18.9. The van der Waals surface area contributed by atoms with Crippen LogP contribution in [-0.4, -0.2) is 51.1 Å². The quantitative estimate of drug-likeness (QED) is 0.502. The molecule has 31 heavy (non-hydrogen) atoms. The van der Waals surface area contributed by atoms with Crippen LogP contribution >= 0.6 is 0 Å². The number of carbonyl (C=O) groups is 1. The number of nitrogens with one attached hydrogen (secondary N) is 1. The van der Waals surface area contributed by atoms with Crippen molar-refractivity contribution in [1.29, 1.82) is 0 Å². The number of anilines is 1. The Morgan fingerprint density at radius 3 is 2.65 bits per heavy atom. The molecule has 4 heterocycles. The molecular weight excluding hydrogens is 414 g/mol. The lowest BCUT2D eigenvalue weighted by atomic mass is 10.1. The summed E-state index contributed by atoms with van der Waals surface area (Å²) in [4.78, 5) is 25.7. The van der Waals surface area contributed by atoms with E-state index in [0.29, 0.717) is 22.3 Å². The molecule has 0 aliphatic carbocycles. The predicted molar refractivity (Wildman–Crippen MR) is 107 cm³/mol. The summed E-state index contributed by atoms with van der Waals surface area (Å²) in [5.41, 5.74) is 0.331. The number of fused-ring (bicyclic) bond motifs is 1. The van der Waals surface area contributed by atoms with Crippen molar-refractivity contribution in [1.82, 2.24) is 19.9 Å². The number of alkyl halides is 4. The lowest BCUT2D eigenvalue weighted by Gasteiger charge is -2.18. The van der Waals surface area contributed by atoms with Gasteiger partial charge in [-0.25, -0.2) is 9.37 Å².